The number of carbonyl (C=O) groups excluding carboxylic acids is 1. The smallest absolute Gasteiger partial charge is 0.343 e. The summed E-state index contributed by atoms with van der Waals surface area (Å²) in [6, 6.07) is 4.95. The molecule has 1 aromatic rings. The Bertz CT molecular complexity index is 717. The van der Waals surface area contributed by atoms with E-state index in [2.05, 4.69) is 10.0 Å². The molecule has 0 spiro atoms. The van der Waals surface area contributed by atoms with Crippen LogP contribution in [0.4, 0.5) is 13.2 Å². The minimum atomic E-state index is -4.53. The normalized spacial score (nSPS) is 18.5. The highest BCUT2D eigenvalue weighted by molar-refractivity contribution is 7.89. The molecule has 0 aromatic heterocycles. The first kappa shape index (κ1) is 20.7. The molecule has 0 saturated carbocycles. The van der Waals surface area contributed by atoms with E-state index in [0.29, 0.717) is 12.3 Å². The Hall–Kier alpha value is -1.65. The molecular weight excluding hydrogens is 371 g/mol. The van der Waals surface area contributed by atoms with Gasteiger partial charge in [-0.3, -0.25) is 4.79 Å². The van der Waals surface area contributed by atoms with Gasteiger partial charge in [0, 0.05) is 12.1 Å². The molecule has 10 heteroatoms. The van der Waals surface area contributed by atoms with Crippen molar-refractivity contribution in [1.29, 1.82) is 0 Å². The fourth-order valence-electron chi connectivity index (χ4n) is 2.74. The highest BCUT2D eigenvalue weighted by Gasteiger charge is 2.28. The van der Waals surface area contributed by atoms with Crippen molar-refractivity contribution in [1.82, 2.24) is 15.4 Å². The maximum Gasteiger partial charge on any atom is 0.405 e. The minimum absolute atomic E-state index is 0.145. The number of amides is 1. The molecule has 1 aliphatic heterocycles. The van der Waals surface area contributed by atoms with Crippen molar-refractivity contribution >= 4 is 15.9 Å². The number of halogens is 3. The standard InChI is InChI=1S/C16H22F3N3O3S/c17-16(18,19)11-21-15(23)13-4-1-5-14(9-13)26(24,25)22-8-6-12-3-2-7-20-10-12/h1,4-5,9,12,20,22H,2-3,6-8,10-11H2,(H,21,23). The quantitative estimate of drug-likeness (QED) is 0.657. The van der Waals surface area contributed by atoms with Crippen LogP contribution in [-0.4, -0.2) is 46.7 Å². The summed E-state index contributed by atoms with van der Waals surface area (Å²) in [6.45, 7) is 0.623. The van der Waals surface area contributed by atoms with Gasteiger partial charge in [0.15, 0.2) is 0 Å². The molecule has 3 N–H and O–H groups in total. The second kappa shape index (κ2) is 8.83. The van der Waals surface area contributed by atoms with Gasteiger partial charge in [-0.15, -0.1) is 0 Å². The van der Waals surface area contributed by atoms with Gasteiger partial charge in [-0.2, -0.15) is 13.2 Å². The average Bonchev–Trinajstić information content (AvgIpc) is 2.60. The monoisotopic (exact) mass is 393 g/mol. The second-order valence-electron chi connectivity index (χ2n) is 6.22. The molecule has 0 radical (unpaired) electrons. The van der Waals surface area contributed by atoms with E-state index in [-0.39, 0.29) is 17.0 Å². The first-order chi connectivity index (χ1) is 12.2. The number of benzene rings is 1. The van der Waals surface area contributed by atoms with Crippen LogP contribution in [0.3, 0.4) is 0 Å². The lowest BCUT2D eigenvalue weighted by molar-refractivity contribution is -0.123. The van der Waals surface area contributed by atoms with Crippen LogP contribution in [0.5, 0.6) is 0 Å². The summed E-state index contributed by atoms with van der Waals surface area (Å²) in [6.07, 6.45) is -1.73. The van der Waals surface area contributed by atoms with Crippen molar-refractivity contribution < 1.29 is 26.4 Å². The number of alkyl halides is 3. The number of carbonyl (C=O) groups is 1. The summed E-state index contributed by atoms with van der Waals surface area (Å²) in [5.74, 6) is -0.571. The predicted octanol–water partition coefficient (Wildman–Crippen LogP) is 1.65. The van der Waals surface area contributed by atoms with E-state index < -0.39 is 28.7 Å². The molecule has 1 saturated heterocycles. The van der Waals surface area contributed by atoms with E-state index in [4.69, 9.17) is 0 Å². The van der Waals surface area contributed by atoms with Crippen molar-refractivity contribution in [3.63, 3.8) is 0 Å². The first-order valence-electron chi connectivity index (χ1n) is 8.33. The maximum atomic E-state index is 12.3. The number of nitrogens with one attached hydrogen (secondary N) is 3. The van der Waals surface area contributed by atoms with E-state index in [9.17, 15) is 26.4 Å². The molecule has 0 aliphatic carbocycles. The lowest BCUT2D eigenvalue weighted by atomic mass is 9.96. The lowest BCUT2D eigenvalue weighted by Gasteiger charge is -2.22. The average molecular weight is 393 g/mol. The zero-order valence-electron chi connectivity index (χ0n) is 14.1. The van der Waals surface area contributed by atoms with Gasteiger partial charge in [-0.1, -0.05) is 6.07 Å². The topological polar surface area (TPSA) is 87.3 Å². The summed E-state index contributed by atoms with van der Waals surface area (Å²) in [7, 11) is -3.83. The van der Waals surface area contributed by atoms with E-state index in [0.717, 1.165) is 32.0 Å². The van der Waals surface area contributed by atoms with Crippen LogP contribution in [-0.2, 0) is 10.0 Å². The summed E-state index contributed by atoms with van der Waals surface area (Å²) >= 11 is 0. The van der Waals surface area contributed by atoms with E-state index >= 15 is 0 Å². The molecular formula is C16H22F3N3O3S. The molecule has 26 heavy (non-hydrogen) atoms. The number of hydrogen-bond acceptors (Lipinski definition) is 4. The van der Waals surface area contributed by atoms with Gasteiger partial charge in [0.05, 0.1) is 4.90 Å². The Labute approximate surface area is 150 Å². The van der Waals surface area contributed by atoms with Crippen LogP contribution in [0.2, 0.25) is 0 Å². The van der Waals surface area contributed by atoms with E-state index in [1.54, 1.807) is 5.32 Å². The summed E-state index contributed by atoms with van der Waals surface area (Å²) in [5.41, 5.74) is -0.145. The third kappa shape index (κ3) is 6.58. The molecule has 1 atom stereocenters. The van der Waals surface area contributed by atoms with Gasteiger partial charge >= 0.3 is 6.18 Å². The lowest BCUT2D eigenvalue weighted by Crippen LogP contribution is -2.34. The van der Waals surface area contributed by atoms with Crippen molar-refractivity contribution in [2.45, 2.75) is 30.3 Å². The first-order valence-corrected chi connectivity index (χ1v) is 9.81. The number of rotatable bonds is 7. The van der Waals surface area contributed by atoms with Crippen LogP contribution >= 0.6 is 0 Å². The van der Waals surface area contributed by atoms with Crippen LogP contribution < -0.4 is 15.4 Å². The summed E-state index contributed by atoms with van der Waals surface area (Å²) in [5, 5.41) is 4.97. The molecule has 1 fully saturated rings. The van der Waals surface area contributed by atoms with Gasteiger partial charge in [0.1, 0.15) is 6.54 Å². The van der Waals surface area contributed by atoms with Crippen molar-refractivity contribution in [3.05, 3.63) is 29.8 Å². The minimum Gasteiger partial charge on any atom is -0.343 e. The fraction of sp³-hybridized carbons (Fsp3) is 0.562. The van der Waals surface area contributed by atoms with E-state index in [1.165, 1.54) is 18.2 Å². The van der Waals surface area contributed by atoms with Crippen molar-refractivity contribution in [2.24, 2.45) is 5.92 Å². The van der Waals surface area contributed by atoms with Gasteiger partial charge in [-0.05, 0) is 56.5 Å². The molecule has 2 rings (SSSR count). The Morgan fingerprint density at radius 2 is 2.08 bits per heavy atom. The van der Waals surface area contributed by atoms with Crippen LogP contribution in [0.25, 0.3) is 0 Å². The van der Waals surface area contributed by atoms with E-state index in [1.807, 2.05) is 0 Å². The van der Waals surface area contributed by atoms with Crippen molar-refractivity contribution in [2.75, 3.05) is 26.2 Å². The predicted molar refractivity (Wildman–Crippen MR) is 90.2 cm³/mol. The second-order valence-corrected chi connectivity index (χ2v) is 7.99. The SMILES string of the molecule is O=C(NCC(F)(F)F)c1cccc(S(=O)(=O)NCCC2CCCNC2)c1. The molecule has 1 amide bonds. The Kier molecular flexibility index (Phi) is 7.01. The Morgan fingerprint density at radius 3 is 2.73 bits per heavy atom. The molecule has 0 bridgehead atoms. The molecule has 1 unspecified atom stereocenters. The third-order valence-corrected chi connectivity index (χ3v) is 5.56. The van der Waals surface area contributed by atoms with Crippen LogP contribution in [0.15, 0.2) is 29.2 Å². The zero-order valence-corrected chi connectivity index (χ0v) is 14.9. The van der Waals surface area contributed by atoms with Crippen LogP contribution in [0, 0.1) is 5.92 Å². The largest absolute Gasteiger partial charge is 0.405 e. The fourth-order valence-corrected chi connectivity index (χ4v) is 3.83. The Morgan fingerprint density at radius 1 is 1.31 bits per heavy atom. The van der Waals surface area contributed by atoms with Gasteiger partial charge in [0.2, 0.25) is 10.0 Å². The molecule has 146 valence electrons. The zero-order chi connectivity index (χ0) is 19.2. The molecule has 6 nitrogen and oxygen atoms in total. The number of sulfonamides is 1. The molecule has 1 aromatic carbocycles. The third-order valence-electron chi connectivity index (χ3n) is 4.10. The highest BCUT2D eigenvalue weighted by atomic mass is 32.2. The summed E-state index contributed by atoms with van der Waals surface area (Å²) in [4.78, 5) is 11.6. The molecule has 1 heterocycles. The van der Waals surface area contributed by atoms with Crippen LogP contribution in [0.1, 0.15) is 29.6 Å². The van der Waals surface area contributed by atoms with Crippen molar-refractivity contribution in [3.8, 4) is 0 Å². The number of hydrogen-bond donors (Lipinski definition) is 3. The van der Waals surface area contributed by atoms with Gasteiger partial charge in [-0.25, -0.2) is 13.1 Å². The number of piperidine rings is 1. The highest BCUT2D eigenvalue weighted by Crippen LogP contribution is 2.16. The Balaban J connectivity index is 1.94. The van der Waals surface area contributed by atoms with Gasteiger partial charge < -0.3 is 10.6 Å². The van der Waals surface area contributed by atoms with Gasteiger partial charge in [0.25, 0.3) is 5.91 Å². The summed E-state index contributed by atoms with van der Waals surface area (Å²) < 4.78 is 63.6. The molecule has 1 aliphatic rings. The maximum absolute atomic E-state index is 12.3.